The number of hydrogen-bond acceptors (Lipinski definition) is 4. The van der Waals surface area contributed by atoms with Gasteiger partial charge < -0.3 is 9.84 Å². The monoisotopic (exact) mass is 213 g/mol. The van der Waals surface area contributed by atoms with Gasteiger partial charge in [-0.05, 0) is 13.3 Å². The van der Waals surface area contributed by atoms with E-state index in [9.17, 15) is 4.79 Å². The third kappa shape index (κ3) is 2.33. The predicted octanol–water partition coefficient (Wildman–Crippen LogP) is 0.746. The molecule has 6 heteroatoms. The number of carbonyl (C=O) groups is 1. The standard InChI is InChI=1S/C9H15N3O3/c1-4-7-8(9(13)14)10-11-12(7)6(2)5-15-3/h6H,4-5H2,1-3H3,(H,13,14). The molecule has 1 aromatic heterocycles. The second-order valence-electron chi connectivity index (χ2n) is 3.29. The Morgan fingerprint density at radius 1 is 1.67 bits per heavy atom. The highest BCUT2D eigenvalue weighted by Gasteiger charge is 2.20. The van der Waals surface area contributed by atoms with E-state index < -0.39 is 5.97 Å². The summed E-state index contributed by atoms with van der Waals surface area (Å²) in [6.07, 6.45) is 0.586. The van der Waals surface area contributed by atoms with Crippen molar-refractivity contribution >= 4 is 5.97 Å². The SMILES string of the molecule is CCc1c(C(=O)O)nnn1C(C)COC. The van der Waals surface area contributed by atoms with E-state index in [0.717, 1.165) is 0 Å². The topological polar surface area (TPSA) is 77.2 Å². The lowest BCUT2D eigenvalue weighted by Crippen LogP contribution is -2.16. The first-order valence-electron chi connectivity index (χ1n) is 4.78. The molecule has 0 saturated heterocycles. The summed E-state index contributed by atoms with van der Waals surface area (Å²) in [4.78, 5) is 10.8. The molecule has 0 saturated carbocycles. The molecule has 15 heavy (non-hydrogen) atoms. The second kappa shape index (κ2) is 4.88. The van der Waals surface area contributed by atoms with E-state index in [1.165, 1.54) is 0 Å². The molecule has 0 aliphatic carbocycles. The Morgan fingerprint density at radius 3 is 2.80 bits per heavy atom. The van der Waals surface area contributed by atoms with Gasteiger partial charge in [-0.15, -0.1) is 5.10 Å². The maximum absolute atomic E-state index is 10.8. The van der Waals surface area contributed by atoms with Crippen LogP contribution in [0, 0.1) is 0 Å². The lowest BCUT2D eigenvalue weighted by molar-refractivity contribution is 0.0689. The molecule has 0 aliphatic heterocycles. The van der Waals surface area contributed by atoms with Crippen LogP contribution >= 0.6 is 0 Å². The molecular formula is C9H15N3O3. The fourth-order valence-corrected chi connectivity index (χ4v) is 1.47. The quantitative estimate of drug-likeness (QED) is 0.780. The van der Waals surface area contributed by atoms with Crippen molar-refractivity contribution in [3.8, 4) is 0 Å². The Kier molecular flexibility index (Phi) is 3.79. The number of methoxy groups -OCH3 is 1. The highest BCUT2D eigenvalue weighted by molar-refractivity contribution is 5.86. The maximum Gasteiger partial charge on any atom is 0.358 e. The van der Waals surface area contributed by atoms with E-state index in [0.29, 0.717) is 18.7 Å². The number of rotatable bonds is 5. The summed E-state index contributed by atoms with van der Waals surface area (Å²) in [6.45, 7) is 4.26. The number of ether oxygens (including phenoxy) is 1. The first-order valence-corrected chi connectivity index (χ1v) is 4.78. The van der Waals surface area contributed by atoms with E-state index in [1.54, 1.807) is 11.8 Å². The Morgan fingerprint density at radius 2 is 2.33 bits per heavy atom. The zero-order valence-corrected chi connectivity index (χ0v) is 9.10. The van der Waals surface area contributed by atoms with Crippen LogP contribution < -0.4 is 0 Å². The molecule has 1 aromatic rings. The largest absolute Gasteiger partial charge is 0.476 e. The first-order chi connectivity index (χ1) is 7.11. The molecule has 0 fully saturated rings. The van der Waals surface area contributed by atoms with E-state index in [2.05, 4.69) is 10.3 Å². The van der Waals surface area contributed by atoms with Crippen molar-refractivity contribution in [1.29, 1.82) is 0 Å². The molecule has 0 aliphatic rings. The summed E-state index contributed by atoms with van der Waals surface area (Å²) in [5.41, 5.74) is 0.660. The minimum absolute atomic E-state index is 0.00875. The first kappa shape index (κ1) is 11.6. The van der Waals surface area contributed by atoms with Gasteiger partial charge in [-0.2, -0.15) is 0 Å². The van der Waals surface area contributed by atoms with Crippen LogP contribution in [0.1, 0.15) is 36.1 Å². The molecule has 1 unspecified atom stereocenters. The number of aromatic carboxylic acids is 1. The third-order valence-electron chi connectivity index (χ3n) is 2.15. The number of carboxylic acid groups (broad SMARTS) is 1. The zero-order valence-electron chi connectivity index (χ0n) is 9.10. The fourth-order valence-electron chi connectivity index (χ4n) is 1.47. The molecule has 6 nitrogen and oxygen atoms in total. The predicted molar refractivity (Wildman–Crippen MR) is 52.9 cm³/mol. The van der Waals surface area contributed by atoms with E-state index in [1.807, 2.05) is 13.8 Å². The normalized spacial score (nSPS) is 12.7. The van der Waals surface area contributed by atoms with Crippen molar-refractivity contribution in [2.45, 2.75) is 26.3 Å². The zero-order chi connectivity index (χ0) is 11.4. The summed E-state index contributed by atoms with van der Waals surface area (Å²) in [7, 11) is 1.59. The van der Waals surface area contributed by atoms with Gasteiger partial charge in [0, 0.05) is 7.11 Å². The average Bonchev–Trinajstić information content (AvgIpc) is 2.61. The van der Waals surface area contributed by atoms with Crippen LogP contribution in [0.25, 0.3) is 0 Å². The Labute approximate surface area is 87.9 Å². The molecule has 0 radical (unpaired) electrons. The lowest BCUT2D eigenvalue weighted by Gasteiger charge is -2.12. The van der Waals surface area contributed by atoms with Crippen LogP contribution in [-0.4, -0.2) is 39.8 Å². The van der Waals surface area contributed by atoms with E-state index in [4.69, 9.17) is 9.84 Å². The Bertz CT molecular complexity index is 348. The Hall–Kier alpha value is -1.43. The molecule has 1 atom stereocenters. The number of aromatic nitrogens is 3. The van der Waals surface area contributed by atoms with E-state index >= 15 is 0 Å². The summed E-state index contributed by atoms with van der Waals surface area (Å²) >= 11 is 0. The summed E-state index contributed by atoms with van der Waals surface area (Å²) in [5, 5.41) is 16.4. The highest BCUT2D eigenvalue weighted by atomic mass is 16.5. The Balaban J connectivity index is 3.03. The van der Waals surface area contributed by atoms with Gasteiger partial charge in [0.15, 0.2) is 5.69 Å². The number of carboxylic acids is 1. The van der Waals surface area contributed by atoms with Gasteiger partial charge in [0.05, 0.1) is 18.3 Å². The van der Waals surface area contributed by atoms with Gasteiger partial charge in [0.2, 0.25) is 0 Å². The van der Waals surface area contributed by atoms with Gasteiger partial charge in [-0.1, -0.05) is 12.1 Å². The molecule has 0 amide bonds. The lowest BCUT2D eigenvalue weighted by atomic mass is 10.2. The fraction of sp³-hybridized carbons (Fsp3) is 0.667. The van der Waals surface area contributed by atoms with Crippen molar-refractivity contribution in [2.75, 3.05) is 13.7 Å². The molecular weight excluding hydrogens is 198 g/mol. The third-order valence-corrected chi connectivity index (χ3v) is 2.15. The van der Waals surface area contributed by atoms with Gasteiger partial charge in [-0.25, -0.2) is 9.48 Å². The molecule has 84 valence electrons. The summed E-state index contributed by atoms with van der Waals surface area (Å²) in [5.74, 6) is -1.04. The van der Waals surface area contributed by atoms with Crippen molar-refractivity contribution < 1.29 is 14.6 Å². The highest BCUT2D eigenvalue weighted by Crippen LogP contribution is 2.13. The molecule has 0 aromatic carbocycles. The second-order valence-corrected chi connectivity index (χ2v) is 3.29. The van der Waals surface area contributed by atoms with Crippen molar-refractivity contribution in [2.24, 2.45) is 0 Å². The van der Waals surface area contributed by atoms with Crippen LogP contribution in [0.5, 0.6) is 0 Å². The summed E-state index contributed by atoms with van der Waals surface area (Å²) < 4.78 is 6.60. The average molecular weight is 213 g/mol. The molecule has 1 rings (SSSR count). The van der Waals surface area contributed by atoms with Crippen LogP contribution in [-0.2, 0) is 11.2 Å². The maximum atomic E-state index is 10.8. The number of hydrogen-bond donors (Lipinski definition) is 1. The smallest absolute Gasteiger partial charge is 0.358 e. The molecule has 1 heterocycles. The van der Waals surface area contributed by atoms with Crippen LogP contribution in [0.3, 0.4) is 0 Å². The summed E-state index contributed by atoms with van der Waals surface area (Å²) in [6, 6.07) is -0.00875. The molecule has 0 bridgehead atoms. The van der Waals surface area contributed by atoms with Crippen molar-refractivity contribution in [1.82, 2.24) is 15.0 Å². The minimum atomic E-state index is -1.04. The number of nitrogens with zero attached hydrogens (tertiary/aromatic N) is 3. The van der Waals surface area contributed by atoms with Gasteiger partial charge in [0.25, 0.3) is 0 Å². The van der Waals surface area contributed by atoms with Crippen LogP contribution in [0.15, 0.2) is 0 Å². The van der Waals surface area contributed by atoms with E-state index in [-0.39, 0.29) is 11.7 Å². The van der Waals surface area contributed by atoms with Crippen molar-refractivity contribution in [3.05, 3.63) is 11.4 Å². The van der Waals surface area contributed by atoms with Gasteiger partial charge in [-0.3, -0.25) is 0 Å². The molecule has 1 N–H and O–H groups in total. The van der Waals surface area contributed by atoms with Crippen molar-refractivity contribution in [3.63, 3.8) is 0 Å². The van der Waals surface area contributed by atoms with Crippen LogP contribution in [0.4, 0.5) is 0 Å². The van der Waals surface area contributed by atoms with Crippen LogP contribution in [0.2, 0.25) is 0 Å². The van der Waals surface area contributed by atoms with Gasteiger partial charge >= 0.3 is 5.97 Å². The molecule has 0 spiro atoms. The van der Waals surface area contributed by atoms with Gasteiger partial charge in [0.1, 0.15) is 0 Å². The minimum Gasteiger partial charge on any atom is -0.476 e.